The normalized spacial score (nSPS) is 29.5. The van der Waals surface area contributed by atoms with Crippen LogP contribution in [-0.2, 0) is 0 Å². The summed E-state index contributed by atoms with van der Waals surface area (Å²) in [5.74, 6) is 3.72. The molecule has 0 aromatic rings. The highest BCUT2D eigenvalue weighted by Gasteiger charge is 2.18. The molecule has 0 aliphatic carbocycles. The van der Waals surface area contributed by atoms with E-state index < -0.39 is 0 Å². The molecule has 0 radical (unpaired) electrons. The SMILES string of the molecule is C=CC(N)C1CSCCS1. The molecule has 1 aliphatic rings. The second-order valence-electron chi connectivity index (χ2n) is 2.30. The van der Waals surface area contributed by atoms with Crippen molar-refractivity contribution < 1.29 is 0 Å². The number of nitrogens with two attached hydrogens (primary N) is 1. The highest BCUT2D eigenvalue weighted by Crippen LogP contribution is 2.25. The van der Waals surface area contributed by atoms with Gasteiger partial charge in [-0.05, 0) is 0 Å². The van der Waals surface area contributed by atoms with Gasteiger partial charge in [0.25, 0.3) is 0 Å². The first-order valence-electron chi connectivity index (χ1n) is 3.42. The van der Waals surface area contributed by atoms with Gasteiger partial charge in [0.05, 0.1) is 0 Å². The van der Waals surface area contributed by atoms with E-state index in [1.165, 1.54) is 17.3 Å². The molecule has 1 nitrogen and oxygen atoms in total. The van der Waals surface area contributed by atoms with Crippen LogP contribution in [-0.4, -0.2) is 28.6 Å². The van der Waals surface area contributed by atoms with Crippen molar-refractivity contribution >= 4 is 23.5 Å². The van der Waals surface area contributed by atoms with Crippen molar-refractivity contribution in [3.05, 3.63) is 12.7 Å². The lowest BCUT2D eigenvalue weighted by molar-refractivity contribution is 0.807. The average molecular weight is 175 g/mol. The monoisotopic (exact) mass is 175 g/mol. The second kappa shape index (κ2) is 4.31. The quantitative estimate of drug-likeness (QED) is 0.642. The molecule has 1 rings (SSSR count). The van der Waals surface area contributed by atoms with Gasteiger partial charge in [0.2, 0.25) is 0 Å². The van der Waals surface area contributed by atoms with Crippen molar-refractivity contribution in [1.82, 2.24) is 0 Å². The second-order valence-corrected chi connectivity index (χ2v) is 4.79. The van der Waals surface area contributed by atoms with Gasteiger partial charge in [0, 0.05) is 28.6 Å². The number of rotatable bonds is 2. The van der Waals surface area contributed by atoms with Crippen LogP contribution < -0.4 is 5.73 Å². The van der Waals surface area contributed by atoms with E-state index in [4.69, 9.17) is 5.73 Å². The molecule has 0 aromatic heterocycles. The lowest BCUT2D eigenvalue weighted by Gasteiger charge is -2.24. The molecule has 1 heterocycles. The van der Waals surface area contributed by atoms with Gasteiger partial charge < -0.3 is 5.73 Å². The molecule has 2 unspecified atom stereocenters. The van der Waals surface area contributed by atoms with Crippen LogP contribution in [0.1, 0.15) is 0 Å². The molecule has 1 saturated heterocycles. The molecule has 2 N–H and O–H groups in total. The Labute approximate surface area is 70.8 Å². The van der Waals surface area contributed by atoms with Crippen LogP contribution in [0.15, 0.2) is 12.7 Å². The smallest absolute Gasteiger partial charge is 0.0350 e. The summed E-state index contributed by atoms with van der Waals surface area (Å²) in [5, 5.41) is 0.608. The third kappa shape index (κ3) is 2.22. The van der Waals surface area contributed by atoms with E-state index in [2.05, 4.69) is 6.58 Å². The molecule has 2 atom stereocenters. The predicted octanol–water partition coefficient (Wildman–Crippen LogP) is 1.35. The molecule has 0 amide bonds. The van der Waals surface area contributed by atoms with E-state index in [1.807, 2.05) is 29.6 Å². The van der Waals surface area contributed by atoms with Gasteiger partial charge >= 0.3 is 0 Å². The number of hydrogen-bond donors (Lipinski definition) is 1. The Morgan fingerprint density at radius 3 is 2.90 bits per heavy atom. The molecule has 3 heteroatoms. The summed E-state index contributed by atoms with van der Waals surface area (Å²) in [6.45, 7) is 3.69. The summed E-state index contributed by atoms with van der Waals surface area (Å²) in [6, 6.07) is 0.192. The fraction of sp³-hybridized carbons (Fsp3) is 0.714. The lowest BCUT2D eigenvalue weighted by atomic mass is 10.2. The average Bonchev–Trinajstić information content (AvgIpc) is 2.05. The van der Waals surface area contributed by atoms with Gasteiger partial charge in [-0.2, -0.15) is 23.5 Å². The van der Waals surface area contributed by atoms with Crippen molar-refractivity contribution in [2.45, 2.75) is 11.3 Å². The van der Waals surface area contributed by atoms with E-state index in [1.54, 1.807) is 0 Å². The summed E-state index contributed by atoms with van der Waals surface area (Å²) >= 11 is 3.98. The van der Waals surface area contributed by atoms with E-state index >= 15 is 0 Å². The maximum atomic E-state index is 5.80. The minimum atomic E-state index is 0.192. The predicted molar refractivity (Wildman–Crippen MR) is 51.7 cm³/mol. The zero-order valence-electron chi connectivity index (χ0n) is 5.95. The van der Waals surface area contributed by atoms with E-state index in [0.29, 0.717) is 5.25 Å². The molecule has 10 heavy (non-hydrogen) atoms. The molecular weight excluding hydrogens is 162 g/mol. The molecule has 0 aromatic carbocycles. The molecule has 1 fully saturated rings. The number of hydrogen-bond acceptors (Lipinski definition) is 3. The van der Waals surface area contributed by atoms with Gasteiger partial charge in [-0.3, -0.25) is 0 Å². The van der Waals surface area contributed by atoms with E-state index in [0.717, 1.165) is 0 Å². The molecule has 0 saturated carbocycles. The topological polar surface area (TPSA) is 26.0 Å². The fourth-order valence-corrected chi connectivity index (χ4v) is 3.67. The van der Waals surface area contributed by atoms with Crippen molar-refractivity contribution in [3.63, 3.8) is 0 Å². The van der Waals surface area contributed by atoms with Crippen LogP contribution in [0.3, 0.4) is 0 Å². The van der Waals surface area contributed by atoms with Crippen LogP contribution in [0.2, 0.25) is 0 Å². The van der Waals surface area contributed by atoms with Crippen molar-refractivity contribution in [2.24, 2.45) is 5.73 Å². The van der Waals surface area contributed by atoms with Gasteiger partial charge in [0.1, 0.15) is 0 Å². The molecule has 1 aliphatic heterocycles. The summed E-state index contributed by atoms with van der Waals surface area (Å²) < 4.78 is 0. The lowest BCUT2D eigenvalue weighted by Crippen LogP contribution is -2.34. The van der Waals surface area contributed by atoms with Crippen LogP contribution in [0.4, 0.5) is 0 Å². The molecular formula is C7H13NS2. The molecule has 0 spiro atoms. The van der Waals surface area contributed by atoms with Crippen molar-refractivity contribution in [3.8, 4) is 0 Å². The summed E-state index contributed by atoms with van der Waals surface area (Å²) in [7, 11) is 0. The van der Waals surface area contributed by atoms with E-state index in [9.17, 15) is 0 Å². The number of thioether (sulfide) groups is 2. The Bertz CT molecular complexity index is 110. The third-order valence-electron chi connectivity index (χ3n) is 1.54. The molecule has 58 valence electrons. The first kappa shape index (κ1) is 8.50. The van der Waals surface area contributed by atoms with Crippen LogP contribution in [0, 0.1) is 0 Å². The maximum absolute atomic E-state index is 5.80. The Morgan fingerprint density at radius 1 is 1.60 bits per heavy atom. The van der Waals surface area contributed by atoms with Gasteiger partial charge in [0.15, 0.2) is 0 Å². The zero-order valence-corrected chi connectivity index (χ0v) is 7.59. The van der Waals surface area contributed by atoms with Crippen LogP contribution in [0.5, 0.6) is 0 Å². The summed E-state index contributed by atoms with van der Waals surface area (Å²) in [5.41, 5.74) is 5.80. The van der Waals surface area contributed by atoms with Crippen molar-refractivity contribution in [1.29, 1.82) is 0 Å². The fourth-order valence-electron chi connectivity index (χ4n) is 0.880. The summed E-state index contributed by atoms with van der Waals surface area (Å²) in [6.07, 6.45) is 1.85. The largest absolute Gasteiger partial charge is 0.324 e. The highest BCUT2D eigenvalue weighted by atomic mass is 32.2. The van der Waals surface area contributed by atoms with Crippen molar-refractivity contribution in [2.75, 3.05) is 17.3 Å². The van der Waals surface area contributed by atoms with Gasteiger partial charge in [-0.25, -0.2) is 0 Å². The first-order chi connectivity index (χ1) is 4.84. The van der Waals surface area contributed by atoms with Gasteiger partial charge in [-0.1, -0.05) is 6.08 Å². The van der Waals surface area contributed by atoms with E-state index in [-0.39, 0.29) is 6.04 Å². The summed E-state index contributed by atoms with van der Waals surface area (Å²) in [4.78, 5) is 0. The zero-order chi connectivity index (χ0) is 7.40. The van der Waals surface area contributed by atoms with Crippen LogP contribution in [0.25, 0.3) is 0 Å². The standard InChI is InChI=1S/C7H13NS2/c1-2-6(8)7-5-9-3-4-10-7/h2,6-7H,1,3-5,8H2. The maximum Gasteiger partial charge on any atom is 0.0350 e. The molecule has 0 bridgehead atoms. The van der Waals surface area contributed by atoms with Crippen LogP contribution >= 0.6 is 23.5 Å². The Kier molecular flexibility index (Phi) is 3.66. The van der Waals surface area contributed by atoms with Gasteiger partial charge in [-0.15, -0.1) is 6.58 Å². The Hall–Kier alpha value is 0.400. The Morgan fingerprint density at radius 2 is 2.40 bits per heavy atom. The first-order valence-corrected chi connectivity index (χ1v) is 5.62. The minimum Gasteiger partial charge on any atom is -0.324 e. The highest BCUT2D eigenvalue weighted by molar-refractivity contribution is 8.06. The Balaban J connectivity index is 2.30. The third-order valence-corrected chi connectivity index (χ3v) is 4.45. The minimum absolute atomic E-state index is 0.192.